The Morgan fingerprint density at radius 2 is 1.67 bits per heavy atom. The highest BCUT2D eigenvalue weighted by Crippen LogP contribution is 2.52. The molecule has 0 heterocycles. The van der Waals surface area contributed by atoms with E-state index in [9.17, 15) is 0 Å². The maximum absolute atomic E-state index is 4.67. The second-order valence-corrected chi connectivity index (χ2v) is 6.22. The fraction of sp³-hybridized carbons (Fsp3) is 0.333. The van der Waals surface area contributed by atoms with E-state index in [1.165, 1.54) is 0 Å². The van der Waals surface area contributed by atoms with E-state index in [-0.39, 0.29) is 0 Å². The Balaban J connectivity index is 3.42. The highest BCUT2D eigenvalue weighted by molar-refractivity contribution is 8.02. The molecule has 0 aromatic carbocycles. The maximum atomic E-state index is 4.67. The van der Waals surface area contributed by atoms with Gasteiger partial charge in [0.1, 0.15) is 0 Å². The van der Waals surface area contributed by atoms with Crippen LogP contribution in [-0.4, -0.2) is 8.83 Å². The van der Waals surface area contributed by atoms with Crippen molar-refractivity contribution in [2.75, 3.05) is 0 Å². The second kappa shape index (κ2) is 4.48. The highest BCUT2D eigenvalue weighted by Gasteiger charge is 2.47. The Labute approximate surface area is 108 Å². The summed E-state index contributed by atoms with van der Waals surface area (Å²) in [6.45, 7) is 11.5. The summed E-state index contributed by atoms with van der Waals surface area (Å²) in [5.41, 5.74) is 2.16. The first-order chi connectivity index (χ1) is 6.93. The van der Waals surface area contributed by atoms with E-state index in [1.54, 1.807) is 12.2 Å². The van der Waals surface area contributed by atoms with E-state index in [1.807, 2.05) is 6.08 Å². The van der Waals surface area contributed by atoms with Gasteiger partial charge in [-0.3, -0.25) is 0 Å². The lowest BCUT2D eigenvalue weighted by Crippen LogP contribution is -2.44. The van der Waals surface area contributed by atoms with Crippen LogP contribution in [-0.2, 0) is 0 Å². The van der Waals surface area contributed by atoms with Gasteiger partial charge in [-0.15, -0.1) is 6.58 Å². The molecular weight excluding hydrogens is 240 g/mol. The lowest BCUT2D eigenvalue weighted by atomic mass is 9.80. The van der Waals surface area contributed by atoms with E-state index >= 15 is 0 Å². The largest absolute Gasteiger partial charge is 0.161 e. The molecule has 1 rings (SSSR count). The standard InChI is InChI=1S/C12H16S3/c1-4-9-7-8-12(14,15)11(13,6-3)10(9)5-2/h4-6,13-15H,1-3,7-8H2. The summed E-state index contributed by atoms with van der Waals surface area (Å²) in [5, 5.41) is 0. The zero-order valence-corrected chi connectivity index (χ0v) is 11.3. The molecule has 1 unspecified atom stereocenters. The topological polar surface area (TPSA) is 0 Å². The van der Waals surface area contributed by atoms with Gasteiger partial charge < -0.3 is 0 Å². The predicted octanol–water partition coefficient (Wildman–Crippen LogP) is 3.86. The van der Waals surface area contributed by atoms with Gasteiger partial charge in [0.05, 0.1) is 8.83 Å². The Hall–Kier alpha value is 0.01000. The molecule has 0 aromatic rings. The number of allylic oxidation sites excluding steroid dienone is 3. The van der Waals surface area contributed by atoms with Gasteiger partial charge in [0.15, 0.2) is 0 Å². The lowest BCUT2D eigenvalue weighted by Gasteiger charge is -2.45. The van der Waals surface area contributed by atoms with Crippen LogP contribution in [0.5, 0.6) is 0 Å². The molecule has 0 bridgehead atoms. The van der Waals surface area contributed by atoms with Crippen molar-refractivity contribution < 1.29 is 0 Å². The van der Waals surface area contributed by atoms with Crippen molar-refractivity contribution in [2.24, 2.45) is 0 Å². The zero-order valence-electron chi connectivity index (χ0n) is 8.61. The van der Waals surface area contributed by atoms with Gasteiger partial charge in [0.2, 0.25) is 0 Å². The van der Waals surface area contributed by atoms with Crippen molar-refractivity contribution in [3.8, 4) is 0 Å². The molecule has 0 aromatic heterocycles. The molecule has 82 valence electrons. The van der Waals surface area contributed by atoms with E-state index in [2.05, 4.69) is 57.6 Å². The van der Waals surface area contributed by atoms with Crippen LogP contribution in [0.2, 0.25) is 0 Å². The van der Waals surface area contributed by atoms with Crippen LogP contribution in [0.15, 0.2) is 49.1 Å². The molecule has 1 aliphatic carbocycles. The molecule has 0 spiro atoms. The predicted molar refractivity (Wildman–Crippen MR) is 79.3 cm³/mol. The minimum absolute atomic E-state index is 0.506. The monoisotopic (exact) mass is 256 g/mol. The number of rotatable bonds is 3. The third kappa shape index (κ3) is 1.97. The quantitative estimate of drug-likeness (QED) is 0.381. The number of hydrogen-bond donors (Lipinski definition) is 3. The van der Waals surface area contributed by atoms with Crippen molar-refractivity contribution in [2.45, 2.75) is 21.7 Å². The highest BCUT2D eigenvalue weighted by atomic mass is 32.2. The van der Waals surface area contributed by atoms with Gasteiger partial charge in [0, 0.05) is 0 Å². The molecule has 3 heteroatoms. The molecular formula is C12H16S3. The van der Waals surface area contributed by atoms with Crippen LogP contribution in [0.3, 0.4) is 0 Å². The lowest BCUT2D eigenvalue weighted by molar-refractivity contribution is 0.620. The molecule has 0 saturated heterocycles. The van der Waals surface area contributed by atoms with Gasteiger partial charge >= 0.3 is 0 Å². The van der Waals surface area contributed by atoms with Gasteiger partial charge in [-0.25, -0.2) is 0 Å². The van der Waals surface area contributed by atoms with E-state index in [0.29, 0.717) is 0 Å². The SMILES string of the molecule is C=CC1=C(C=C)C(S)(C=C)C(S)(S)CC1. The Kier molecular flexibility index (Phi) is 3.90. The summed E-state index contributed by atoms with van der Waals surface area (Å²) in [7, 11) is 0. The second-order valence-electron chi connectivity index (χ2n) is 3.63. The van der Waals surface area contributed by atoms with E-state index in [4.69, 9.17) is 0 Å². The number of thiol groups is 3. The first kappa shape index (κ1) is 13.1. The minimum atomic E-state index is -0.567. The van der Waals surface area contributed by atoms with Crippen molar-refractivity contribution in [1.82, 2.24) is 0 Å². The summed E-state index contributed by atoms with van der Waals surface area (Å²) in [6, 6.07) is 0. The Morgan fingerprint density at radius 3 is 2.07 bits per heavy atom. The minimum Gasteiger partial charge on any atom is -0.161 e. The summed E-state index contributed by atoms with van der Waals surface area (Å²) < 4.78 is -1.07. The van der Waals surface area contributed by atoms with Crippen LogP contribution >= 0.6 is 37.9 Å². The average molecular weight is 256 g/mol. The summed E-state index contributed by atoms with van der Waals surface area (Å²) >= 11 is 13.8. The third-order valence-corrected chi connectivity index (χ3v) is 5.17. The maximum Gasteiger partial charge on any atom is 0.0790 e. The Bertz CT molecular complexity index is 339. The molecule has 1 atom stereocenters. The molecule has 1 aliphatic rings. The molecule has 0 aliphatic heterocycles. The molecule has 0 fully saturated rings. The molecule has 0 saturated carbocycles. The van der Waals surface area contributed by atoms with Crippen molar-refractivity contribution in [3.05, 3.63) is 49.1 Å². The van der Waals surface area contributed by atoms with Crippen molar-refractivity contribution in [3.63, 3.8) is 0 Å². The van der Waals surface area contributed by atoms with Crippen LogP contribution in [0.4, 0.5) is 0 Å². The van der Waals surface area contributed by atoms with Crippen molar-refractivity contribution in [1.29, 1.82) is 0 Å². The van der Waals surface area contributed by atoms with Crippen LogP contribution in [0, 0.1) is 0 Å². The number of hydrogen-bond acceptors (Lipinski definition) is 3. The fourth-order valence-corrected chi connectivity index (χ4v) is 2.86. The van der Waals surface area contributed by atoms with E-state index in [0.717, 1.165) is 24.0 Å². The summed E-state index contributed by atoms with van der Waals surface area (Å²) in [4.78, 5) is 0. The van der Waals surface area contributed by atoms with Gasteiger partial charge in [-0.2, -0.15) is 37.9 Å². The molecule has 15 heavy (non-hydrogen) atoms. The first-order valence-electron chi connectivity index (χ1n) is 4.72. The van der Waals surface area contributed by atoms with Gasteiger partial charge in [-0.05, 0) is 24.0 Å². The smallest absolute Gasteiger partial charge is 0.0790 e. The fourth-order valence-electron chi connectivity index (χ4n) is 1.87. The summed E-state index contributed by atoms with van der Waals surface area (Å²) in [6.07, 6.45) is 7.14. The van der Waals surface area contributed by atoms with Gasteiger partial charge in [-0.1, -0.05) is 31.4 Å². The first-order valence-corrected chi connectivity index (χ1v) is 6.06. The molecule has 0 nitrogen and oxygen atoms in total. The molecule has 0 amide bonds. The normalized spacial score (nSPS) is 29.8. The van der Waals surface area contributed by atoms with Gasteiger partial charge in [0.25, 0.3) is 0 Å². The molecule has 0 N–H and O–H groups in total. The van der Waals surface area contributed by atoms with Crippen LogP contribution < -0.4 is 0 Å². The zero-order chi connectivity index (χ0) is 11.7. The average Bonchev–Trinajstić information content (AvgIpc) is 2.21. The van der Waals surface area contributed by atoms with Crippen molar-refractivity contribution >= 4 is 37.9 Å². The summed E-state index contributed by atoms with van der Waals surface area (Å²) in [5.74, 6) is 0. The van der Waals surface area contributed by atoms with Crippen LogP contribution in [0.25, 0.3) is 0 Å². The van der Waals surface area contributed by atoms with E-state index < -0.39 is 8.83 Å². The Morgan fingerprint density at radius 1 is 1.07 bits per heavy atom. The van der Waals surface area contributed by atoms with Crippen LogP contribution in [0.1, 0.15) is 12.8 Å². The third-order valence-electron chi connectivity index (χ3n) is 2.86. The molecule has 0 radical (unpaired) electrons.